The second-order valence-electron chi connectivity index (χ2n) is 4.21. The van der Waals surface area contributed by atoms with Gasteiger partial charge in [-0.25, -0.2) is 4.79 Å². The van der Waals surface area contributed by atoms with Crippen molar-refractivity contribution < 1.29 is 14.7 Å². The maximum Gasteiger partial charge on any atom is 0.326 e. The highest BCUT2D eigenvalue weighted by Crippen LogP contribution is 2.06. The van der Waals surface area contributed by atoms with Gasteiger partial charge in [0.2, 0.25) is 0 Å². The van der Waals surface area contributed by atoms with E-state index in [1.165, 1.54) is 0 Å². The first-order chi connectivity index (χ1) is 7.97. The van der Waals surface area contributed by atoms with Crippen LogP contribution in [0.15, 0.2) is 18.3 Å². The highest BCUT2D eigenvalue weighted by molar-refractivity contribution is 5.95. The van der Waals surface area contributed by atoms with Gasteiger partial charge in [-0.05, 0) is 25.0 Å². The van der Waals surface area contributed by atoms with Crippen LogP contribution in [0.5, 0.6) is 0 Å². The van der Waals surface area contributed by atoms with Gasteiger partial charge >= 0.3 is 5.97 Å². The van der Waals surface area contributed by atoms with E-state index in [-0.39, 0.29) is 11.8 Å². The van der Waals surface area contributed by atoms with Crippen LogP contribution in [0.25, 0.3) is 0 Å². The summed E-state index contributed by atoms with van der Waals surface area (Å²) >= 11 is 0. The molecule has 17 heavy (non-hydrogen) atoms. The molecule has 0 bridgehead atoms. The number of nitrogens with one attached hydrogen (secondary N) is 1. The summed E-state index contributed by atoms with van der Waals surface area (Å²) in [6.45, 7) is 6.12. The number of carboxylic acids is 1. The van der Waals surface area contributed by atoms with Gasteiger partial charge in [0.1, 0.15) is 11.7 Å². The lowest BCUT2D eigenvalue weighted by Gasteiger charge is -2.18. The van der Waals surface area contributed by atoms with Gasteiger partial charge in [-0.1, -0.05) is 13.8 Å². The molecule has 0 radical (unpaired) electrons. The molecule has 0 aliphatic heterocycles. The first kappa shape index (κ1) is 13.3. The number of amides is 1. The van der Waals surface area contributed by atoms with E-state index in [1.54, 1.807) is 36.7 Å². The zero-order valence-electron chi connectivity index (χ0n) is 10.3. The number of aryl methyl sites for hydroxylation is 1. The van der Waals surface area contributed by atoms with Crippen LogP contribution in [0.1, 0.15) is 31.3 Å². The van der Waals surface area contributed by atoms with Gasteiger partial charge in [-0.2, -0.15) is 0 Å². The van der Waals surface area contributed by atoms with Crippen molar-refractivity contribution in [1.82, 2.24) is 9.88 Å². The molecule has 0 aromatic carbocycles. The van der Waals surface area contributed by atoms with Gasteiger partial charge in [0.25, 0.3) is 5.91 Å². The molecule has 0 saturated carbocycles. The fraction of sp³-hybridized carbons (Fsp3) is 0.500. The van der Waals surface area contributed by atoms with Gasteiger partial charge in [-0.15, -0.1) is 0 Å². The van der Waals surface area contributed by atoms with E-state index >= 15 is 0 Å². The molecule has 94 valence electrons. The zero-order chi connectivity index (χ0) is 13.0. The third-order valence-electron chi connectivity index (χ3n) is 2.62. The number of carboxylic acid groups (broad SMARTS) is 1. The number of hydrogen-bond acceptors (Lipinski definition) is 2. The number of hydrogen-bond donors (Lipinski definition) is 2. The Morgan fingerprint density at radius 3 is 2.59 bits per heavy atom. The molecule has 0 fully saturated rings. The average Bonchev–Trinajstić information content (AvgIpc) is 2.72. The van der Waals surface area contributed by atoms with Gasteiger partial charge in [0, 0.05) is 12.7 Å². The Bertz CT molecular complexity index is 410. The monoisotopic (exact) mass is 238 g/mol. The predicted octanol–water partition coefficient (Wildman–Crippen LogP) is 1.35. The lowest BCUT2D eigenvalue weighted by atomic mass is 10.0. The molecule has 1 rings (SSSR count). The number of aromatic nitrogens is 1. The Balaban J connectivity index is 2.81. The first-order valence-corrected chi connectivity index (χ1v) is 5.66. The summed E-state index contributed by atoms with van der Waals surface area (Å²) in [5, 5.41) is 11.5. The van der Waals surface area contributed by atoms with Crippen LogP contribution in [0.3, 0.4) is 0 Å². The third kappa shape index (κ3) is 3.09. The number of rotatable bonds is 5. The van der Waals surface area contributed by atoms with Crippen molar-refractivity contribution in [2.24, 2.45) is 5.92 Å². The van der Waals surface area contributed by atoms with E-state index in [1.807, 2.05) is 6.92 Å². The van der Waals surface area contributed by atoms with E-state index in [2.05, 4.69) is 5.32 Å². The minimum Gasteiger partial charge on any atom is -0.480 e. The second-order valence-corrected chi connectivity index (χ2v) is 4.21. The van der Waals surface area contributed by atoms with Crippen molar-refractivity contribution in [1.29, 1.82) is 0 Å². The highest BCUT2D eigenvalue weighted by atomic mass is 16.4. The van der Waals surface area contributed by atoms with Crippen molar-refractivity contribution in [3.05, 3.63) is 24.0 Å². The van der Waals surface area contributed by atoms with E-state index < -0.39 is 12.0 Å². The van der Waals surface area contributed by atoms with Gasteiger partial charge in [0.15, 0.2) is 0 Å². The van der Waals surface area contributed by atoms with Crippen molar-refractivity contribution in [2.45, 2.75) is 33.4 Å². The van der Waals surface area contributed by atoms with E-state index in [4.69, 9.17) is 5.11 Å². The first-order valence-electron chi connectivity index (χ1n) is 5.66. The van der Waals surface area contributed by atoms with Crippen molar-refractivity contribution >= 4 is 11.9 Å². The molecule has 2 N–H and O–H groups in total. The number of nitrogens with zero attached hydrogens (tertiary/aromatic N) is 1. The Hall–Kier alpha value is -1.78. The van der Waals surface area contributed by atoms with Crippen molar-refractivity contribution in [2.75, 3.05) is 0 Å². The van der Waals surface area contributed by atoms with Crippen LogP contribution in [0.2, 0.25) is 0 Å². The molecule has 5 nitrogen and oxygen atoms in total. The summed E-state index contributed by atoms with van der Waals surface area (Å²) < 4.78 is 1.77. The predicted molar refractivity (Wildman–Crippen MR) is 63.8 cm³/mol. The van der Waals surface area contributed by atoms with Crippen LogP contribution in [0.4, 0.5) is 0 Å². The molecule has 1 aromatic rings. The molecule has 1 atom stereocenters. The Labute approximate surface area is 100 Å². The Morgan fingerprint density at radius 1 is 1.47 bits per heavy atom. The molecule has 0 saturated heterocycles. The van der Waals surface area contributed by atoms with Crippen LogP contribution in [-0.2, 0) is 11.3 Å². The zero-order valence-corrected chi connectivity index (χ0v) is 10.3. The van der Waals surface area contributed by atoms with Crippen molar-refractivity contribution in [3.8, 4) is 0 Å². The molecule has 0 spiro atoms. The lowest BCUT2D eigenvalue weighted by molar-refractivity contribution is -0.140. The maximum absolute atomic E-state index is 11.9. The number of carbonyl (C=O) groups excluding carboxylic acids is 1. The minimum absolute atomic E-state index is 0.151. The fourth-order valence-corrected chi connectivity index (χ4v) is 1.62. The van der Waals surface area contributed by atoms with Crippen LogP contribution < -0.4 is 5.32 Å². The molecule has 5 heteroatoms. The summed E-state index contributed by atoms with van der Waals surface area (Å²) in [6.07, 6.45) is 1.79. The molecule has 0 unspecified atom stereocenters. The second kappa shape index (κ2) is 5.52. The summed E-state index contributed by atoms with van der Waals surface area (Å²) in [5.74, 6) is -1.51. The van der Waals surface area contributed by atoms with Crippen LogP contribution >= 0.6 is 0 Å². The van der Waals surface area contributed by atoms with Crippen LogP contribution in [0, 0.1) is 5.92 Å². The van der Waals surface area contributed by atoms with E-state index in [0.717, 1.165) is 0 Å². The standard InChI is InChI=1S/C12H18N2O3/c1-4-14-7-5-6-9(14)11(15)13-10(8(2)3)12(16)17/h5-8,10H,4H2,1-3H3,(H,13,15)(H,16,17)/t10-/m0/s1. The fourth-order valence-electron chi connectivity index (χ4n) is 1.62. The largest absolute Gasteiger partial charge is 0.480 e. The summed E-state index contributed by atoms with van der Waals surface area (Å²) in [7, 11) is 0. The molecular weight excluding hydrogens is 220 g/mol. The smallest absolute Gasteiger partial charge is 0.326 e. The van der Waals surface area contributed by atoms with Crippen LogP contribution in [-0.4, -0.2) is 27.6 Å². The molecule has 1 heterocycles. The van der Waals surface area contributed by atoms with E-state index in [9.17, 15) is 9.59 Å². The Morgan fingerprint density at radius 2 is 2.12 bits per heavy atom. The van der Waals surface area contributed by atoms with Gasteiger partial charge < -0.3 is 15.0 Å². The molecule has 0 aliphatic rings. The molecule has 1 aromatic heterocycles. The Kier molecular flexibility index (Phi) is 4.31. The topological polar surface area (TPSA) is 71.3 Å². The molecule has 0 aliphatic carbocycles. The normalized spacial score (nSPS) is 12.5. The summed E-state index contributed by atoms with van der Waals surface area (Å²) in [4.78, 5) is 22.9. The van der Waals surface area contributed by atoms with Crippen molar-refractivity contribution in [3.63, 3.8) is 0 Å². The van der Waals surface area contributed by atoms with Gasteiger partial charge in [0.05, 0.1) is 0 Å². The third-order valence-corrected chi connectivity index (χ3v) is 2.62. The lowest BCUT2D eigenvalue weighted by Crippen LogP contribution is -2.44. The molecular formula is C12H18N2O3. The number of aliphatic carboxylic acids is 1. The maximum atomic E-state index is 11.9. The summed E-state index contributed by atoms with van der Waals surface area (Å²) in [5.41, 5.74) is 0.486. The highest BCUT2D eigenvalue weighted by Gasteiger charge is 2.24. The summed E-state index contributed by atoms with van der Waals surface area (Å²) in [6, 6.07) is 2.59. The van der Waals surface area contributed by atoms with E-state index in [0.29, 0.717) is 12.2 Å². The minimum atomic E-state index is -1.01. The SMILES string of the molecule is CCn1cccc1C(=O)N[C@H](C(=O)O)C(C)C. The number of carbonyl (C=O) groups is 2. The average molecular weight is 238 g/mol. The quantitative estimate of drug-likeness (QED) is 0.813. The molecule has 1 amide bonds. The van der Waals surface area contributed by atoms with Gasteiger partial charge in [-0.3, -0.25) is 4.79 Å².